The van der Waals surface area contributed by atoms with Gasteiger partial charge in [-0.15, -0.1) is 0 Å². The minimum atomic E-state index is -2.04. The molecular formula is C24H40O5Si. The molecule has 0 aromatic heterocycles. The van der Waals surface area contributed by atoms with Crippen LogP contribution in [-0.2, 0) is 23.4 Å². The maximum Gasteiger partial charge on any atom is 0.196 e. The van der Waals surface area contributed by atoms with Gasteiger partial charge in [0.1, 0.15) is 17.3 Å². The van der Waals surface area contributed by atoms with Crippen molar-refractivity contribution in [3.8, 4) is 0 Å². The third kappa shape index (κ3) is 2.03. The number of rotatable bonds is 5. The zero-order valence-corrected chi connectivity index (χ0v) is 21.1. The molecule has 5 aliphatic rings. The molecule has 0 amide bonds. The molecule has 3 saturated heterocycles. The van der Waals surface area contributed by atoms with Crippen LogP contribution in [0.5, 0.6) is 0 Å². The lowest BCUT2D eigenvalue weighted by molar-refractivity contribution is -0.355. The van der Waals surface area contributed by atoms with Crippen molar-refractivity contribution in [2.24, 2.45) is 16.7 Å². The van der Waals surface area contributed by atoms with E-state index in [2.05, 4.69) is 55.4 Å². The Balaban J connectivity index is 1.73. The topological polar surface area (TPSA) is 54.0 Å². The van der Waals surface area contributed by atoms with Crippen LogP contribution in [-0.4, -0.2) is 49.4 Å². The van der Waals surface area contributed by atoms with E-state index in [4.69, 9.17) is 18.6 Å². The minimum absolute atomic E-state index is 0.0123. The van der Waals surface area contributed by atoms with Gasteiger partial charge in [-0.3, -0.25) is 4.79 Å². The van der Waals surface area contributed by atoms with E-state index >= 15 is 0 Å². The Morgan fingerprint density at radius 3 is 2.30 bits per heavy atom. The van der Waals surface area contributed by atoms with Crippen LogP contribution >= 0.6 is 0 Å². The molecule has 5 nitrogen and oxygen atoms in total. The van der Waals surface area contributed by atoms with Crippen LogP contribution in [0.1, 0.15) is 74.7 Å². The van der Waals surface area contributed by atoms with Gasteiger partial charge in [-0.05, 0) is 44.8 Å². The second kappa shape index (κ2) is 5.99. The molecule has 4 bridgehead atoms. The molecule has 3 heterocycles. The summed E-state index contributed by atoms with van der Waals surface area (Å²) >= 11 is 0. The van der Waals surface area contributed by atoms with Crippen molar-refractivity contribution in [3.63, 3.8) is 0 Å². The van der Waals surface area contributed by atoms with Gasteiger partial charge in [-0.2, -0.15) is 0 Å². The maximum absolute atomic E-state index is 14.6. The zero-order valence-electron chi connectivity index (χ0n) is 20.1. The van der Waals surface area contributed by atoms with Gasteiger partial charge in [0, 0.05) is 17.3 Å². The molecule has 0 radical (unpaired) electrons. The predicted molar refractivity (Wildman–Crippen MR) is 117 cm³/mol. The van der Waals surface area contributed by atoms with Gasteiger partial charge in [-0.1, -0.05) is 41.5 Å². The van der Waals surface area contributed by atoms with E-state index in [9.17, 15) is 4.79 Å². The number of hydrogen-bond acceptors (Lipinski definition) is 5. The lowest BCUT2D eigenvalue weighted by Gasteiger charge is -2.64. The smallest absolute Gasteiger partial charge is 0.196 e. The van der Waals surface area contributed by atoms with E-state index in [1.54, 1.807) is 0 Å². The first kappa shape index (κ1) is 21.6. The number of Topliss-reactive ketones (excluding diaryl/α,β-unsaturated/α-hetero) is 1. The Bertz CT molecular complexity index is 771. The van der Waals surface area contributed by atoms with Gasteiger partial charge in [0.05, 0.1) is 18.1 Å². The highest BCUT2D eigenvalue weighted by Gasteiger charge is 2.92. The van der Waals surface area contributed by atoms with Crippen molar-refractivity contribution in [1.82, 2.24) is 0 Å². The summed E-state index contributed by atoms with van der Waals surface area (Å²) in [6.07, 6.45) is 2.03. The van der Waals surface area contributed by atoms with Gasteiger partial charge in [0.25, 0.3) is 0 Å². The lowest BCUT2D eigenvalue weighted by Crippen LogP contribution is -2.78. The van der Waals surface area contributed by atoms with Crippen LogP contribution in [0.3, 0.4) is 0 Å². The molecule has 2 aliphatic carbocycles. The van der Waals surface area contributed by atoms with E-state index in [0.717, 1.165) is 31.0 Å². The minimum Gasteiger partial charge on any atom is -0.404 e. The van der Waals surface area contributed by atoms with Crippen LogP contribution in [0.25, 0.3) is 0 Å². The van der Waals surface area contributed by atoms with Crippen molar-refractivity contribution < 1.29 is 23.4 Å². The summed E-state index contributed by atoms with van der Waals surface area (Å²) in [6.45, 7) is 17.6. The third-order valence-corrected chi connectivity index (χ3v) is 14.7. The maximum atomic E-state index is 14.6. The fraction of sp³-hybridized carbons (Fsp3) is 0.958. The second-order valence-corrected chi connectivity index (χ2v) is 16.5. The first-order valence-corrected chi connectivity index (χ1v) is 14.7. The Labute approximate surface area is 182 Å². The molecule has 6 heteroatoms. The summed E-state index contributed by atoms with van der Waals surface area (Å²) in [6, 6.07) is 3.04. The molecule has 5 fully saturated rings. The molecule has 2 unspecified atom stereocenters. The van der Waals surface area contributed by atoms with Gasteiger partial charge in [0.15, 0.2) is 19.9 Å². The highest BCUT2D eigenvalue weighted by molar-refractivity contribution is 6.73. The summed E-state index contributed by atoms with van der Waals surface area (Å²) < 4.78 is 27.5. The normalized spacial score (nSPS) is 53.3. The quantitative estimate of drug-likeness (QED) is 0.578. The van der Waals surface area contributed by atoms with E-state index < -0.39 is 31.4 Å². The van der Waals surface area contributed by atoms with Crippen molar-refractivity contribution in [2.75, 3.05) is 0 Å². The molecule has 0 aromatic carbocycles. The van der Waals surface area contributed by atoms with Gasteiger partial charge in [-0.25, -0.2) is 0 Å². The van der Waals surface area contributed by atoms with E-state index in [1.165, 1.54) is 0 Å². The summed E-state index contributed by atoms with van der Waals surface area (Å²) in [5, 5.41) is 0. The zero-order chi connectivity index (χ0) is 22.0. The van der Waals surface area contributed by atoms with E-state index in [-0.39, 0.29) is 34.7 Å². The largest absolute Gasteiger partial charge is 0.404 e. The van der Waals surface area contributed by atoms with Gasteiger partial charge in [0.2, 0.25) is 0 Å². The Morgan fingerprint density at radius 1 is 1.07 bits per heavy atom. The summed E-state index contributed by atoms with van der Waals surface area (Å²) in [7, 11) is -2.04. The van der Waals surface area contributed by atoms with Crippen LogP contribution in [0, 0.1) is 16.7 Å². The SMILES string of the molecule is CC[Si](CC)(CC)O[C@H]1C(=O)[C@]23O[C@@]45CC(C)O[C@@]1(C)C4[C@@]2(C)[C@H](CCC3(C)C)O5. The molecule has 2 saturated carbocycles. The van der Waals surface area contributed by atoms with Crippen LogP contribution in [0.4, 0.5) is 0 Å². The van der Waals surface area contributed by atoms with Crippen molar-refractivity contribution in [3.05, 3.63) is 0 Å². The molecule has 8 atom stereocenters. The highest BCUT2D eigenvalue weighted by Crippen LogP contribution is 2.79. The molecule has 0 aromatic rings. The molecule has 3 aliphatic heterocycles. The molecule has 170 valence electrons. The van der Waals surface area contributed by atoms with Gasteiger partial charge >= 0.3 is 0 Å². The fourth-order valence-corrected chi connectivity index (χ4v) is 11.6. The highest BCUT2D eigenvalue weighted by atomic mass is 28.4. The van der Waals surface area contributed by atoms with E-state index in [1.807, 2.05) is 0 Å². The van der Waals surface area contributed by atoms with Crippen molar-refractivity contribution in [1.29, 1.82) is 0 Å². The number of carbonyl (C=O) groups excluding carboxylic acids is 1. The monoisotopic (exact) mass is 436 g/mol. The van der Waals surface area contributed by atoms with Crippen molar-refractivity contribution in [2.45, 2.75) is 128 Å². The summed E-state index contributed by atoms with van der Waals surface area (Å²) in [5.74, 6) is -0.588. The van der Waals surface area contributed by atoms with Crippen LogP contribution < -0.4 is 0 Å². The van der Waals surface area contributed by atoms with Gasteiger partial charge < -0.3 is 18.6 Å². The Hall–Kier alpha value is -0.273. The first-order valence-electron chi connectivity index (χ1n) is 12.2. The van der Waals surface area contributed by atoms with Crippen molar-refractivity contribution >= 4 is 14.1 Å². The molecule has 0 spiro atoms. The van der Waals surface area contributed by atoms with Crippen LogP contribution in [0.2, 0.25) is 18.1 Å². The van der Waals surface area contributed by atoms with Crippen LogP contribution in [0.15, 0.2) is 0 Å². The average Bonchev–Trinajstić information content (AvgIpc) is 3.07. The number of ketones is 1. The number of carbonyl (C=O) groups is 1. The fourth-order valence-electron chi connectivity index (χ4n) is 8.76. The molecular weight excluding hydrogens is 396 g/mol. The first-order chi connectivity index (χ1) is 13.9. The predicted octanol–water partition coefficient (Wildman–Crippen LogP) is 4.83. The summed E-state index contributed by atoms with van der Waals surface area (Å²) in [5.41, 5.74) is -2.22. The Morgan fingerprint density at radius 2 is 1.70 bits per heavy atom. The molecule has 30 heavy (non-hydrogen) atoms. The standard InChI is InChI=1S/C24H40O5Si/c1-9-30(10-2,11-3)28-18-17(25)24-20(5,6)13-12-16-21(24,7)19-22(18,8)26-15(4)14-23(19,27-16)29-24/h15-16,18-19H,9-14H2,1-8H3/t15?,16-,18-,19?,21+,22+,23-,24+/m0/s1. The molecule has 5 rings (SSSR count). The third-order valence-electron chi connectivity index (χ3n) is 10.1. The molecule has 0 N–H and O–H groups in total. The number of hydrogen-bond donors (Lipinski definition) is 0. The lowest BCUT2D eigenvalue weighted by atomic mass is 9.42. The number of ether oxygens (including phenoxy) is 3. The summed E-state index contributed by atoms with van der Waals surface area (Å²) in [4.78, 5) is 14.6. The van der Waals surface area contributed by atoms with E-state index in [0.29, 0.717) is 6.42 Å². The second-order valence-electron chi connectivity index (χ2n) is 11.8. The Kier molecular flexibility index (Phi) is 4.31. The average molecular weight is 437 g/mol.